The first-order valence-corrected chi connectivity index (χ1v) is 9.15. The maximum Gasteiger partial charge on any atom is 0.123 e. The van der Waals surface area contributed by atoms with Gasteiger partial charge in [0.25, 0.3) is 0 Å². The molecule has 1 aromatic rings. The number of aryl methyl sites for hydroxylation is 1. The Morgan fingerprint density at radius 1 is 1.17 bits per heavy atom. The van der Waals surface area contributed by atoms with E-state index in [1.54, 1.807) is 12.1 Å². The highest BCUT2D eigenvalue weighted by molar-refractivity contribution is 5.32. The number of nitrogens with one attached hydrogen (secondary N) is 1. The first-order chi connectivity index (χ1) is 11.2. The molecule has 1 aromatic carbocycles. The Balaban J connectivity index is 1.43. The van der Waals surface area contributed by atoms with E-state index in [0.717, 1.165) is 19.4 Å². The molecular formula is C19H30FN3. The van der Waals surface area contributed by atoms with Crippen LogP contribution in [0.3, 0.4) is 0 Å². The van der Waals surface area contributed by atoms with Crippen LogP contribution in [0.5, 0.6) is 0 Å². The van der Waals surface area contributed by atoms with Crippen molar-refractivity contribution in [3.05, 3.63) is 35.1 Å². The van der Waals surface area contributed by atoms with Crippen molar-refractivity contribution in [2.45, 2.75) is 38.1 Å². The van der Waals surface area contributed by atoms with E-state index in [0.29, 0.717) is 6.04 Å². The van der Waals surface area contributed by atoms with Crippen LogP contribution < -0.4 is 5.32 Å². The van der Waals surface area contributed by atoms with Crippen LogP contribution in [0.2, 0.25) is 0 Å². The second kappa shape index (κ2) is 8.22. The Labute approximate surface area is 139 Å². The molecule has 1 saturated heterocycles. The average Bonchev–Trinajstić information content (AvgIpc) is 2.76. The topological polar surface area (TPSA) is 18.5 Å². The lowest BCUT2D eigenvalue weighted by Crippen LogP contribution is -2.32. The van der Waals surface area contributed by atoms with Crippen LogP contribution >= 0.6 is 0 Å². The molecule has 0 amide bonds. The monoisotopic (exact) mass is 319 g/mol. The molecule has 1 fully saturated rings. The van der Waals surface area contributed by atoms with Gasteiger partial charge < -0.3 is 15.1 Å². The van der Waals surface area contributed by atoms with E-state index in [2.05, 4.69) is 22.2 Å². The van der Waals surface area contributed by atoms with Crippen LogP contribution in [0.15, 0.2) is 18.2 Å². The minimum atomic E-state index is -0.101. The molecular weight excluding hydrogens is 289 g/mol. The summed E-state index contributed by atoms with van der Waals surface area (Å²) in [6.45, 7) is 7.08. The summed E-state index contributed by atoms with van der Waals surface area (Å²) in [5.74, 6) is -0.101. The summed E-state index contributed by atoms with van der Waals surface area (Å²) in [6, 6.07) is 5.71. The zero-order valence-corrected chi connectivity index (χ0v) is 14.4. The van der Waals surface area contributed by atoms with Crippen LogP contribution in [-0.4, -0.2) is 56.1 Å². The number of nitrogens with zero attached hydrogens (tertiary/aromatic N) is 2. The standard InChI is InChI=1S/C19H30FN3/c1-22-10-4-12-23(14-13-22)11-3-9-21-19-6-2-5-16-15-17(20)7-8-18(16)19/h7-8,15,19,21H,2-6,9-14H2,1H3/t19-/m1/s1. The quantitative estimate of drug-likeness (QED) is 0.842. The highest BCUT2D eigenvalue weighted by Gasteiger charge is 2.20. The zero-order valence-electron chi connectivity index (χ0n) is 14.4. The molecule has 128 valence electrons. The second-order valence-corrected chi connectivity index (χ2v) is 7.09. The molecule has 0 bridgehead atoms. The highest BCUT2D eigenvalue weighted by atomic mass is 19.1. The number of likely N-dealkylation sites (N-methyl/N-ethyl adjacent to an activating group) is 1. The van der Waals surface area contributed by atoms with Gasteiger partial charge in [0.05, 0.1) is 0 Å². The van der Waals surface area contributed by atoms with E-state index in [-0.39, 0.29) is 5.82 Å². The van der Waals surface area contributed by atoms with Crippen LogP contribution in [0.1, 0.15) is 42.9 Å². The minimum Gasteiger partial charge on any atom is -0.310 e. The molecule has 0 spiro atoms. The number of fused-ring (bicyclic) bond motifs is 1. The third-order valence-electron chi connectivity index (χ3n) is 5.27. The van der Waals surface area contributed by atoms with Gasteiger partial charge >= 0.3 is 0 Å². The van der Waals surface area contributed by atoms with Crippen molar-refractivity contribution in [2.75, 3.05) is 46.3 Å². The van der Waals surface area contributed by atoms with E-state index in [4.69, 9.17) is 0 Å². The van der Waals surface area contributed by atoms with Crippen molar-refractivity contribution in [3.63, 3.8) is 0 Å². The molecule has 1 aliphatic carbocycles. The lowest BCUT2D eigenvalue weighted by atomic mass is 9.87. The smallest absolute Gasteiger partial charge is 0.123 e. The number of rotatable bonds is 5. The summed E-state index contributed by atoms with van der Waals surface area (Å²) in [6.07, 6.45) is 5.83. The van der Waals surface area contributed by atoms with Gasteiger partial charge in [0.1, 0.15) is 5.82 Å². The van der Waals surface area contributed by atoms with Gasteiger partial charge in [0, 0.05) is 19.1 Å². The Morgan fingerprint density at radius 2 is 2.09 bits per heavy atom. The first-order valence-electron chi connectivity index (χ1n) is 9.15. The predicted octanol–water partition coefficient (Wildman–Crippen LogP) is 2.82. The molecule has 23 heavy (non-hydrogen) atoms. The second-order valence-electron chi connectivity index (χ2n) is 7.09. The Hall–Kier alpha value is -0.970. The fraction of sp³-hybridized carbons (Fsp3) is 0.684. The molecule has 0 saturated carbocycles. The lowest BCUT2D eigenvalue weighted by Gasteiger charge is -2.27. The lowest BCUT2D eigenvalue weighted by molar-refractivity contribution is 0.270. The van der Waals surface area contributed by atoms with Gasteiger partial charge in [0.2, 0.25) is 0 Å². The van der Waals surface area contributed by atoms with E-state index in [1.807, 2.05) is 6.07 Å². The zero-order chi connectivity index (χ0) is 16.1. The summed E-state index contributed by atoms with van der Waals surface area (Å²) < 4.78 is 13.4. The van der Waals surface area contributed by atoms with Gasteiger partial charge in [0.15, 0.2) is 0 Å². The molecule has 4 heteroatoms. The largest absolute Gasteiger partial charge is 0.310 e. The third-order valence-corrected chi connectivity index (χ3v) is 5.27. The summed E-state index contributed by atoms with van der Waals surface area (Å²) in [7, 11) is 2.22. The van der Waals surface area contributed by atoms with Gasteiger partial charge in [-0.15, -0.1) is 0 Å². The Kier molecular flexibility index (Phi) is 6.03. The van der Waals surface area contributed by atoms with Crippen molar-refractivity contribution in [1.82, 2.24) is 15.1 Å². The maximum absolute atomic E-state index is 13.4. The molecule has 0 unspecified atom stereocenters. The average molecular weight is 319 g/mol. The van der Waals surface area contributed by atoms with E-state index >= 15 is 0 Å². The first kappa shape index (κ1) is 16.9. The van der Waals surface area contributed by atoms with Crippen molar-refractivity contribution in [3.8, 4) is 0 Å². The van der Waals surface area contributed by atoms with Crippen molar-refractivity contribution >= 4 is 0 Å². The van der Waals surface area contributed by atoms with Gasteiger partial charge in [-0.1, -0.05) is 6.07 Å². The van der Waals surface area contributed by atoms with Crippen LogP contribution in [-0.2, 0) is 6.42 Å². The fourth-order valence-electron chi connectivity index (χ4n) is 3.90. The van der Waals surface area contributed by atoms with E-state index in [9.17, 15) is 4.39 Å². The predicted molar refractivity (Wildman–Crippen MR) is 93.3 cm³/mol. The molecule has 1 aliphatic heterocycles. The maximum atomic E-state index is 13.4. The van der Waals surface area contributed by atoms with Crippen LogP contribution in [0.4, 0.5) is 4.39 Å². The molecule has 2 aliphatic rings. The SMILES string of the molecule is CN1CCCN(CCCN[C@@H]2CCCc3cc(F)ccc32)CC1. The summed E-state index contributed by atoms with van der Waals surface area (Å²) in [4.78, 5) is 5.02. The van der Waals surface area contributed by atoms with Crippen molar-refractivity contribution in [1.29, 1.82) is 0 Å². The summed E-state index contributed by atoms with van der Waals surface area (Å²) in [5, 5.41) is 3.70. The normalized spacial score (nSPS) is 23.5. The molecule has 1 heterocycles. The number of benzene rings is 1. The third kappa shape index (κ3) is 4.75. The summed E-state index contributed by atoms with van der Waals surface area (Å²) >= 11 is 0. The molecule has 3 nitrogen and oxygen atoms in total. The number of hydrogen-bond donors (Lipinski definition) is 1. The minimum absolute atomic E-state index is 0.101. The van der Waals surface area contributed by atoms with Crippen molar-refractivity contribution in [2.24, 2.45) is 0 Å². The van der Waals surface area contributed by atoms with Gasteiger partial charge in [-0.25, -0.2) is 4.39 Å². The Bertz CT molecular complexity index is 505. The van der Waals surface area contributed by atoms with Gasteiger partial charge in [-0.3, -0.25) is 0 Å². The van der Waals surface area contributed by atoms with E-state index < -0.39 is 0 Å². The van der Waals surface area contributed by atoms with Crippen LogP contribution in [0, 0.1) is 5.82 Å². The van der Waals surface area contributed by atoms with Gasteiger partial charge in [-0.05, 0) is 88.6 Å². The fourth-order valence-corrected chi connectivity index (χ4v) is 3.90. The molecule has 1 atom stereocenters. The van der Waals surface area contributed by atoms with Crippen molar-refractivity contribution < 1.29 is 4.39 Å². The number of hydrogen-bond acceptors (Lipinski definition) is 3. The number of halogens is 1. The van der Waals surface area contributed by atoms with Gasteiger partial charge in [-0.2, -0.15) is 0 Å². The summed E-state index contributed by atoms with van der Waals surface area (Å²) in [5.41, 5.74) is 2.51. The Morgan fingerprint density at radius 3 is 3.00 bits per heavy atom. The molecule has 0 radical (unpaired) electrons. The molecule has 3 rings (SSSR count). The highest BCUT2D eigenvalue weighted by Crippen LogP contribution is 2.30. The molecule has 1 N–H and O–H groups in total. The molecule has 0 aromatic heterocycles. The van der Waals surface area contributed by atoms with E-state index in [1.165, 1.54) is 63.1 Å². The van der Waals surface area contributed by atoms with Crippen LogP contribution in [0.25, 0.3) is 0 Å².